The Balaban J connectivity index is 2.03. The minimum absolute atomic E-state index is 0.150. The quantitative estimate of drug-likeness (QED) is 0.537. The Bertz CT molecular complexity index is 894. The van der Waals surface area contributed by atoms with Crippen LogP contribution in [0.15, 0.2) is 23.4 Å². The highest BCUT2D eigenvalue weighted by Crippen LogP contribution is 2.35. The van der Waals surface area contributed by atoms with Crippen molar-refractivity contribution >= 4 is 17.6 Å². The van der Waals surface area contributed by atoms with E-state index in [1.165, 1.54) is 11.8 Å². The lowest BCUT2D eigenvalue weighted by Crippen LogP contribution is -2.47. The first-order chi connectivity index (χ1) is 14.1. The fraction of sp³-hybridized carbons (Fsp3) is 0.450. The summed E-state index contributed by atoms with van der Waals surface area (Å²) in [5.41, 5.74) is 1.81. The molecule has 0 spiro atoms. The Morgan fingerprint density at radius 2 is 1.86 bits per heavy atom. The lowest BCUT2D eigenvalue weighted by molar-refractivity contribution is 0.188. The molecule has 1 fully saturated rings. The van der Waals surface area contributed by atoms with E-state index in [9.17, 15) is 5.26 Å². The number of benzene rings is 1. The maximum absolute atomic E-state index is 9.96. The van der Waals surface area contributed by atoms with Gasteiger partial charge in [0.25, 0.3) is 0 Å². The number of methoxy groups -OCH3 is 2. The molecule has 1 aromatic carbocycles. The lowest BCUT2D eigenvalue weighted by atomic mass is 10.1. The number of β-amino-alcohol motifs (C(OH)–C–C–N with tert-alkyl or cyclic N) is 1. The van der Waals surface area contributed by atoms with Crippen LogP contribution in [0.5, 0.6) is 11.5 Å². The minimum atomic E-state index is 0.150. The summed E-state index contributed by atoms with van der Waals surface area (Å²) >= 11 is 1.44. The van der Waals surface area contributed by atoms with Gasteiger partial charge in [0.2, 0.25) is 0 Å². The van der Waals surface area contributed by atoms with Gasteiger partial charge in [-0.2, -0.15) is 5.26 Å². The number of rotatable bonds is 7. The van der Waals surface area contributed by atoms with Crippen LogP contribution in [0, 0.1) is 11.3 Å². The smallest absolute Gasteiger partial charge is 0.189 e. The van der Waals surface area contributed by atoms with Crippen LogP contribution < -0.4 is 14.4 Å². The average molecular weight is 416 g/mol. The third-order valence-corrected chi connectivity index (χ3v) is 5.46. The average Bonchev–Trinajstić information content (AvgIpc) is 2.78. The normalized spacial score (nSPS) is 14.5. The topological polar surface area (TPSA) is 94.7 Å². The molecule has 0 radical (unpaired) electrons. The van der Waals surface area contributed by atoms with Gasteiger partial charge >= 0.3 is 0 Å². The maximum atomic E-state index is 9.96. The van der Waals surface area contributed by atoms with Gasteiger partial charge in [0, 0.05) is 38.3 Å². The largest absolute Gasteiger partial charge is 0.493 e. The molecule has 2 heterocycles. The number of thioether (sulfide) groups is 1. The van der Waals surface area contributed by atoms with E-state index in [4.69, 9.17) is 14.6 Å². The molecule has 8 nitrogen and oxygen atoms in total. The van der Waals surface area contributed by atoms with Crippen LogP contribution in [0.3, 0.4) is 0 Å². The first-order valence-electron chi connectivity index (χ1n) is 9.31. The van der Waals surface area contributed by atoms with Gasteiger partial charge in [-0.3, -0.25) is 4.90 Å². The van der Waals surface area contributed by atoms with Gasteiger partial charge in [0.1, 0.15) is 11.6 Å². The van der Waals surface area contributed by atoms with Crippen LogP contribution in [-0.2, 0) is 0 Å². The highest BCUT2D eigenvalue weighted by molar-refractivity contribution is 7.98. The Morgan fingerprint density at radius 3 is 2.45 bits per heavy atom. The summed E-state index contributed by atoms with van der Waals surface area (Å²) in [5, 5.41) is 19.7. The second kappa shape index (κ2) is 9.78. The van der Waals surface area contributed by atoms with Crippen LogP contribution in [-0.4, -0.2) is 79.8 Å². The second-order valence-corrected chi connectivity index (χ2v) is 7.26. The van der Waals surface area contributed by atoms with E-state index in [0.717, 1.165) is 31.7 Å². The number of hydrogen-bond donors (Lipinski definition) is 1. The first-order valence-corrected chi connectivity index (χ1v) is 10.5. The molecule has 1 aromatic heterocycles. The summed E-state index contributed by atoms with van der Waals surface area (Å²) in [6, 6.07) is 7.82. The van der Waals surface area contributed by atoms with Gasteiger partial charge in [-0.15, -0.1) is 0 Å². The molecule has 1 aliphatic heterocycles. The molecule has 0 atom stereocenters. The van der Waals surface area contributed by atoms with Gasteiger partial charge in [-0.05, 0) is 24.5 Å². The summed E-state index contributed by atoms with van der Waals surface area (Å²) < 4.78 is 10.7. The second-order valence-electron chi connectivity index (χ2n) is 6.49. The zero-order valence-electron chi connectivity index (χ0n) is 16.9. The number of anilines is 1. The van der Waals surface area contributed by atoms with E-state index < -0.39 is 0 Å². The Labute approximate surface area is 175 Å². The molecular formula is C20H25N5O3S. The van der Waals surface area contributed by atoms with Crippen LogP contribution in [0.1, 0.15) is 5.56 Å². The van der Waals surface area contributed by atoms with E-state index in [2.05, 4.69) is 25.8 Å². The molecule has 29 heavy (non-hydrogen) atoms. The zero-order valence-corrected chi connectivity index (χ0v) is 17.7. The number of hydrogen-bond acceptors (Lipinski definition) is 9. The highest BCUT2D eigenvalue weighted by atomic mass is 32.2. The summed E-state index contributed by atoms with van der Waals surface area (Å²) in [4.78, 5) is 13.6. The molecule has 1 aliphatic rings. The Kier molecular flexibility index (Phi) is 7.14. The SMILES string of the molecule is COc1ccc(-c2nc(SC)nc(N3CCN(CCO)CC3)c2C#N)cc1OC. The highest BCUT2D eigenvalue weighted by Gasteiger charge is 2.24. The fourth-order valence-corrected chi connectivity index (χ4v) is 3.73. The molecule has 0 bridgehead atoms. The molecule has 0 amide bonds. The summed E-state index contributed by atoms with van der Waals surface area (Å²) in [6.07, 6.45) is 1.92. The predicted octanol–water partition coefficient (Wildman–Crippen LogP) is 1.87. The molecule has 0 unspecified atom stereocenters. The number of aliphatic hydroxyl groups excluding tert-OH is 1. The molecular weight excluding hydrogens is 390 g/mol. The molecule has 1 N–H and O–H groups in total. The van der Waals surface area contributed by atoms with Gasteiger partial charge in [-0.25, -0.2) is 9.97 Å². The van der Waals surface area contributed by atoms with Crippen molar-refractivity contribution in [2.75, 3.05) is 64.7 Å². The number of nitrogens with zero attached hydrogens (tertiary/aromatic N) is 5. The van der Waals surface area contributed by atoms with E-state index in [1.807, 2.05) is 24.5 Å². The number of aliphatic hydroxyl groups is 1. The van der Waals surface area contributed by atoms with Crippen LogP contribution in [0.2, 0.25) is 0 Å². The Hall–Kier alpha value is -2.54. The van der Waals surface area contributed by atoms with Crippen LogP contribution in [0.25, 0.3) is 11.3 Å². The fourth-order valence-electron chi connectivity index (χ4n) is 3.37. The standard InChI is InChI=1S/C20H25N5O3S/c1-27-16-5-4-14(12-17(16)28-2)18-15(13-21)19(23-20(22-18)29-3)25-8-6-24(7-9-25)10-11-26/h4-5,12,26H,6-11H2,1-3H3. The lowest BCUT2D eigenvalue weighted by Gasteiger charge is -2.35. The van der Waals surface area contributed by atoms with Crippen molar-refractivity contribution in [2.24, 2.45) is 0 Å². The number of nitriles is 1. The van der Waals surface area contributed by atoms with Crippen molar-refractivity contribution in [1.82, 2.24) is 14.9 Å². The molecule has 154 valence electrons. The van der Waals surface area contributed by atoms with Gasteiger partial charge < -0.3 is 19.5 Å². The van der Waals surface area contributed by atoms with E-state index >= 15 is 0 Å². The molecule has 1 saturated heterocycles. The minimum Gasteiger partial charge on any atom is -0.493 e. The van der Waals surface area contributed by atoms with Gasteiger partial charge in [-0.1, -0.05) is 11.8 Å². The van der Waals surface area contributed by atoms with Crippen molar-refractivity contribution in [1.29, 1.82) is 5.26 Å². The molecule has 0 aliphatic carbocycles. The number of piperazine rings is 1. The van der Waals surface area contributed by atoms with E-state index in [1.54, 1.807) is 14.2 Å². The van der Waals surface area contributed by atoms with Crippen molar-refractivity contribution in [3.8, 4) is 28.8 Å². The third kappa shape index (κ3) is 4.56. The zero-order chi connectivity index (χ0) is 20.8. The molecule has 3 rings (SSSR count). The van der Waals surface area contributed by atoms with Crippen molar-refractivity contribution in [3.05, 3.63) is 23.8 Å². The van der Waals surface area contributed by atoms with Crippen LogP contribution >= 0.6 is 11.8 Å². The summed E-state index contributed by atoms with van der Waals surface area (Å²) in [7, 11) is 3.17. The van der Waals surface area contributed by atoms with E-state index in [-0.39, 0.29) is 6.61 Å². The van der Waals surface area contributed by atoms with Crippen molar-refractivity contribution < 1.29 is 14.6 Å². The predicted molar refractivity (Wildman–Crippen MR) is 113 cm³/mol. The molecule has 9 heteroatoms. The Morgan fingerprint density at radius 1 is 1.14 bits per heavy atom. The van der Waals surface area contributed by atoms with Crippen LogP contribution in [0.4, 0.5) is 5.82 Å². The van der Waals surface area contributed by atoms with E-state index in [0.29, 0.717) is 40.3 Å². The monoisotopic (exact) mass is 415 g/mol. The number of aromatic nitrogens is 2. The first kappa shape index (κ1) is 21.2. The number of ether oxygens (including phenoxy) is 2. The van der Waals surface area contributed by atoms with Gasteiger partial charge in [0.05, 0.1) is 26.5 Å². The molecule has 2 aromatic rings. The summed E-state index contributed by atoms with van der Waals surface area (Å²) in [5.74, 6) is 1.85. The third-order valence-electron chi connectivity index (χ3n) is 4.91. The van der Waals surface area contributed by atoms with Gasteiger partial charge in [0.15, 0.2) is 22.5 Å². The maximum Gasteiger partial charge on any atom is 0.189 e. The summed E-state index contributed by atoms with van der Waals surface area (Å²) in [6.45, 7) is 3.92. The molecule has 0 saturated carbocycles. The van der Waals surface area contributed by atoms with Crippen molar-refractivity contribution in [2.45, 2.75) is 5.16 Å². The van der Waals surface area contributed by atoms with Crippen molar-refractivity contribution in [3.63, 3.8) is 0 Å².